The molecule has 26 heavy (non-hydrogen) atoms. The van der Waals surface area contributed by atoms with Crippen LogP contribution in [0.1, 0.15) is 47.5 Å². The van der Waals surface area contributed by atoms with E-state index in [2.05, 4.69) is 5.16 Å². The Morgan fingerprint density at radius 1 is 1.08 bits per heavy atom. The highest BCUT2D eigenvalue weighted by Gasteiger charge is 2.38. The van der Waals surface area contributed by atoms with Gasteiger partial charge in [-0.15, -0.1) is 0 Å². The standard InChI is InChI=1S/C17H25N3O5S/c21-17(16-14-5-1-2-6-15(14)25-18-16)19-7-3-4-13(12-19)26(22,23)20-8-10-24-11-9-20/h13H,1-12H2/t13-/m1/s1. The molecule has 0 saturated carbocycles. The van der Waals surface area contributed by atoms with E-state index < -0.39 is 15.3 Å². The van der Waals surface area contributed by atoms with Crippen LogP contribution in [-0.2, 0) is 27.6 Å². The molecule has 0 radical (unpaired) electrons. The first-order valence-corrected chi connectivity index (χ1v) is 10.9. The van der Waals surface area contributed by atoms with E-state index in [1.807, 2.05) is 0 Å². The van der Waals surface area contributed by atoms with Crippen molar-refractivity contribution in [3.8, 4) is 0 Å². The van der Waals surface area contributed by atoms with Crippen LogP contribution in [0.2, 0.25) is 0 Å². The largest absolute Gasteiger partial charge is 0.379 e. The fourth-order valence-electron chi connectivity index (χ4n) is 4.08. The highest BCUT2D eigenvalue weighted by molar-refractivity contribution is 7.89. The molecule has 2 aliphatic heterocycles. The lowest BCUT2D eigenvalue weighted by atomic mass is 9.96. The van der Waals surface area contributed by atoms with E-state index in [1.54, 1.807) is 4.90 Å². The molecule has 0 bridgehead atoms. The number of piperidine rings is 1. The minimum atomic E-state index is -3.42. The normalized spacial score (nSPS) is 25.1. The molecule has 1 aromatic rings. The lowest BCUT2D eigenvalue weighted by Gasteiger charge is -2.36. The second-order valence-corrected chi connectivity index (χ2v) is 9.42. The summed E-state index contributed by atoms with van der Waals surface area (Å²) in [5.74, 6) is 0.618. The number of aromatic nitrogens is 1. The van der Waals surface area contributed by atoms with E-state index in [0.29, 0.717) is 51.4 Å². The average Bonchev–Trinajstić information content (AvgIpc) is 3.12. The summed E-state index contributed by atoms with van der Waals surface area (Å²) < 4.78 is 38.0. The van der Waals surface area contributed by atoms with E-state index in [0.717, 1.165) is 37.0 Å². The third kappa shape index (κ3) is 3.27. The number of carbonyl (C=O) groups is 1. The summed E-state index contributed by atoms with van der Waals surface area (Å²) in [5.41, 5.74) is 1.29. The Labute approximate surface area is 153 Å². The predicted molar refractivity (Wildman–Crippen MR) is 93.4 cm³/mol. The molecule has 1 amide bonds. The molecule has 144 valence electrons. The van der Waals surface area contributed by atoms with Crippen molar-refractivity contribution in [3.05, 3.63) is 17.0 Å². The van der Waals surface area contributed by atoms with Gasteiger partial charge in [-0.05, 0) is 32.1 Å². The van der Waals surface area contributed by atoms with Crippen molar-refractivity contribution in [2.45, 2.75) is 43.8 Å². The summed E-state index contributed by atoms with van der Waals surface area (Å²) in [6.45, 7) is 2.43. The van der Waals surface area contributed by atoms with Crippen LogP contribution < -0.4 is 0 Å². The zero-order valence-corrected chi connectivity index (χ0v) is 15.7. The average molecular weight is 383 g/mol. The molecule has 3 heterocycles. The Kier molecular flexibility index (Phi) is 5.02. The summed E-state index contributed by atoms with van der Waals surface area (Å²) in [6, 6.07) is 0. The molecule has 9 heteroatoms. The lowest BCUT2D eigenvalue weighted by Crippen LogP contribution is -2.52. The van der Waals surface area contributed by atoms with Crippen LogP contribution in [0, 0.1) is 0 Å². The molecule has 0 aromatic carbocycles. The van der Waals surface area contributed by atoms with Crippen LogP contribution in [0.3, 0.4) is 0 Å². The highest BCUT2D eigenvalue weighted by Crippen LogP contribution is 2.27. The number of amides is 1. The molecule has 2 saturated heterocycles. The van der Waals surface area contributed by atoms with E-state index in [1.165, 1.54) is 4.31 Å². The number of aryl methyl sites for hydroxylation is 1. The molecule has 3 aliphatic rings. The molecule has 2 fully saturated rings. The van der Waals surface area contributed by atoms with Crippen molar-refractivity contribution in [1.29, 1.82) is 0 Å². The summed E-state index contributed by atoms with van der Waals surface area (Å²) >= 11 is 0. The van der Waals surface area contributed by atoms with Gasteiger partial charge < -0.3 is 14.2 Å². The van der Waals surface area contributed by atoms with Crippen molar-refractivity contribution >= 4 is 15.9 Å². The van der Waals surface area contributed by atoms with Crippen molar-refractivity contribution in [1.82, 2.24) is 14.4 Å². The number of hydrogen-bond acceptors (Lipinski definition) is 6. The SMILES string of the molecule is O=C(c1noc2c1CCCC2)N1CCC[C@@H](S(=O)(=O)N2CCOCC2)C1. The predicted octanol–water partition coefficient (Wildman–Crippen LogP) is 0.820. The first-order chi connectivity index (χ1) is 12.6. The smallest absolute Gasteiger partial charge is 0.276 e. The minimum Gasteiger partial charge on any atom is -0.379 e. The maximum Gasteiger partial charge on any atom is 0.276 e. The number of hydrogen-bond donors (Lipinski definition) is 0. The van der Waals surface area contributed by atoms with Gasteiger partial charge in [-0.2, -0.15) is 4.31 Å². The molecule has 0 unspecified atom stereocenters. The fraction of sp³-hybridized carbons (Fsp3) is 0.765. The maximum absolute atomic E-state index is 13.0. The summed E-state index contributed by atoms with van der Waals surface area (Å²) in [5, 5.41) is 3.45. The van der Waals surface area contributed by atoms with Gasteiger partial charge in [-0.25, -0.2) is 8.42 Å². The van der Waals surface area contributed by atoms with Gasteiger partial charge in [0.15, 0.2) is 5.69 Å². The fourth-order valence-corrected chi connectivity index (χ4v) is 5.99. The van der Waals surface area contributed by atoms with Crippen molar-refractivity contribution in [3.63, 3.8) is 0 Å². The quantitative estimate of drug-likeness (QED) is 0.767. The second-order valence-electron chi connectivity index (χ2n) is 7.21. The van der Waals surface area contributed by atoms with E-state index in [4.69, 9.17) is 9.26 Å². The highest BCUT2D eigenvalue weighted by atomic mass is 32.2. The van der Waals surface area contributed by atoms with Gasteiger partial charge in [-0.1, -0.05) is 5.16 Å². The molecular weight excluding hydrogens is 358 g/mol. The monoisotopic (exact) mass is 383 g/mol. The van der Waals surface area contributed by atoms with Crippen molar-refractivity contribution in [2.75, 3.05) is 39.4 Å². The number of fused-ring (bicyclic) bond motifs is 1. The number of sulfonamides is 1. The van der Waals surface area contributed by atoms with Gasteiger partial charge in [0.1, 0.15) is 5.76 Å². The van der Waals surface area contributed by atoms with Crippen molar-refractivity contribution < 1.29 is 22.5 Å². The molecule has 0 spiro atoms. The Hall–Kier alpha value is -1.45. The maximum atomic E-state index is 13.0. The van der Waals surface area contributed by atoms with Gasteiger partial charge in [0.05, 0.1) is 18.5 Å². The minimum absolute atomic E-state index is 0.196. The second kappa shape index (κ2) is 7.28. The molecule has 4 rings (SSSR count). The van der Waals surface area contributed by atoms with E-state index in [9.17, 15) is 13.2 Å². The lowest BCUT2D eigenvalue weighted by molar-refractivity contribution is 0.0680. The molecule has 1 atom stereocenters. The summed E-state index contributed by atoms with van der Waals surface area (Å²) in [7, 11) is -3.42. The van der Waals surface area contributed by atoms with Crippen molar-refractivity contribution in [2.24, 2.45) is 0 Å². The molecule has 0 N–H and O–H groups in total. The number of rotatable bonds is 3. The summed E-state index contributed by atoms with van der Waals surface area (Å²) in [6.07, 6.45) is 4.98. The zero-order valence-electron chi connectivity index (χ0n) is 14.9. The van der Waals surface area contributed by atoms with E-state index in [-0.39, 0.29) is 12.5 Å². The number of carbonyl (C=O) groups excluding carboxylic acids is 1. The van der Waals surface area contributed by atoms with Gasteiger partial charge >= 0.3 is 0 Å². The summed E-state index contributed by atoms with van der Waals surface area (Å²) in [4.78, 5) is 14.6. The Morgan fingerprint density at radius 3 is 2.65 bits per heavy atom. The molecule has 8 nitrogen and oxygen atoms in total. The Balaban J connectivity index is 1.50. The third-order valence-electron chi connectivity index (χ3n) is 5.57. The Bertz CT molecular complexity index is 769. The molecule has 1 aliphatic carbocycles. The molecular formula is C17H25N3O5S. The van der Waals surface area contributed by atoms with Crippen LogP contribution in [0.5, 0.6) is 0 Å². The van der Waals surface area contributed by atoms with Gasteiger partial charge in [0, 0.05) is 38.2 Å². The zero-order chi connectivity index (χ0) is 18.1. The van der Waals surface area contributed by atoms with Crippen LogP contribution in [0.15, 0.2) is 4.52 Å². The van der Waals surface area contributed by atoms with Crippen LogP contribution in [0.25, 0.3) is 0 Å². The van der Waals surface area contributed by atoms with Crippen LogP contribution in [0.4, 0.5) is 0 Å². The van der Waals surface area contributed by atoms with Gasteiger partial charge in [0.2, 0.25) is 10.0 Å². The number of morpholine rings is 1. The topological polar surface area (TPSA) is 93.0 Å². The molecule has 1 aromatic heterocycles. The number of nitrogens with zero attached hydrogens (tertiary/aromatic N) is 3. The van der Waals surface area contributed by atoms with Gasteiger partial charge in [0.25, 0.3) is 5.91 Å². The van der Waals surface area contributed by atoms with Crippen LogP contribution in [-0.4, -0.2) is 73.3 Å². The van der Waals surface area contributed by atoms with Gasteiger partial charge in [-0.3, -0.25) is 4.79 Å². The first kappa shape index (κ1) is 17.9. The van der Waals surface area contributed by atoms with Crippen LogP contribution >= 0.6 is 0 Å². The number of ether oxygens (including phenoxy) is 1. The Morgan fingerprint density at radius 2 is 1.85 bits per heavy atom. The first-order valence-electron chi connectivity index (χ1n) is 9.41. The third-order valence-corrected chi connectivity index (χ3v) is 7.88. The van der Waals surface area contributed by atoms with E-state index >= 15 is 0 Å². The number of likely N-dealkylation sites (tertiary alicyclic amines) is 1.